The number of benzene rings is 1. The largest absolute Gasteiger partial charge is 0.378 e. The van der Waals surface area contributed by atoms with Crippen LogP contribution in [0.3, 0.4) is 0 Å². The summed E-state index contributed by atoms with van der Waals surface area (Å²) >= 11 is 0. The molecule has 1 heterocycles. The number of nitrogens with one attached hydrogen (secondary N) is 1. The van der Waals surface area contributed by atoms with E-state index in [2.05, 4.69) is 5.32 Å². The molecule has 1 aliphatic carbocycles. The minimum Gasteiger partial charge on any atom is -0.378 e. The number of nitrogens with two attached hydrogens (primary N) is 1. The number of rotatable bonds is 5. The molecule has 0 radical (unpaired) electrons. The summed E-state index contributed by atoms with van der Waals surface area (Å²) < 4.78 is 5.27. The van der Waals surface area contributed by atoms with Crippen LogP contribution in [0.5, 0.6) is 0 Å². The van der Waals surface area contributed by atoms with Crippen molar-refractivity contribution in [2.24, 2.45) is 17.6 Å². The zero-order valence-corrected chi connectivity index (χ0v) is 14.6. The van der Waals surface area contributed by atoms with E-state index in [1.54, 1.807) is 0 Å². The second-order valence-electron chi connectivity index (χ2n) is 6.89. The summed E-state index contributed by atoms with van der Waals surface area (Å²) in [6.45, 7) is 3.12. The van der Waals surface area contributed by atoms with Crippen molar-refractivity contribution in [1.29, 1.82) is 0 Å². The molecular weight excluding hydrogens is 318 g/mol. The Morgan fingerprint density at radius 3 is 2.56 bits per heavy atom. The lowest BCUT2D eigenvalue weighted by Gasteiger charge is -2.26. The van der Waals surface area contributed by atoms with Gasteiger partial charge in [-0.2, -0.15) is 0 Å². The fraction of sp³-hybridized carbons (Fsp3) is 0.579. The van der Waals surface area contributed by atoms with Gasteiger partial charge in [-0.3, -0.25) is 9.59 Å². The Hall–Kier alpha value is -1.92. The molecule has 3 rings (SSSR count). The molecular formula is C19H27N3O3. The number of carbonyl (C=O) groups is 2. The Balaban J connectivity index is 1.53. The Labute approximate surface area is 148 Å². The van der Waals surface area contributed by atoms with Crippen LogP contribution < -0.4 is 11.1 Å². The minimum absolute atomic E-state index is 0.0209. The zero-order chi connectivity index (χ0) is 17.6. The molecule has 0 unspecified atom stereocenters. The third-order valence-corrected chi connectivity index (χ3v) is 5.24. The highest BCUT2D eigenvalue weighted by Crippen LogP contribution is 2.31. The molecule has 0 aromatic heterocycles. The molecule has 6 nitrogen and oxygen atoms in total. The van der Waals surface area contributed by atoms with Crippen LogP contribution >= 0.6 is 0 Å². The van der Waals surface area contributed by atoms with Crippen molar-refractivity contribution in [3.63, 3.8) is 0 Å². The van der Waals surface area contributed by atoms with Crippen LogP contribution in [0, 0.1) is 11.8 Å². The first kappa shape index (κ1) is 17.9. The van der Waals surface area contributed by atoms with E-state index >= 15 is 0 Å². The van der Waals surface area contributed by atoms with Crippen LogP contribution in [0.1, 0.15) is 24.8 Å². The average Bonchev–Trinajstić information content (AvgIpc) is 3.13. The van der Waals surface area contributed by atoms with Crippen LogP contribution in [-0.2, 0) is 20.7 Å². The molecule has 1 aromatic rings. The van der Waals surface area contributed by atoms with Gasteiger partial charge in [0.05, 0.1) is 19.6 Å². The average molecular weight is 345 g/mol. The van der Waals surface area contributed by atoms with E-state index in [0.29, 0.717) is 45.2 Å². The van der Waals surface area contributed by atoms with E-state index in [9.17, 15) is 9.59 Å². The normalized spacial score (nSPS) is 23.5. The molecule has 0 spiro atoms. The van der Waals surface area contributed by atoms with Crippen molar-refractivity contribution in [2.45, 2.75) is 25.7 Å². The van der Waals surface area contributed by atoms with Gasteiger partial charge >= 0.3 is 0 Å². The first-order chi connectivity index (χ1) is 12.2. The zero-order valence-electron chi connectivity index (χ0n) is 14.6. The van der Waals surface area contributed by atoms with E-state index in [1.807, 2.05) is 29.2 Å². The SMILES string of the molecule is NC[C@H]1CCC[C@H]1C(=O)Nc1ccc(CC(=O)N2CCOCC2)cc1. The van der Waals surface area contributed by atoms with Crippen molar-refractivity contribution < 1.29 is 14.3 Å². The van der Waals surface area contributed by atoms with Crippen molar-refractivity contribution in [2.75, 3.05) is 38.2 Å². The summed E-state index contributed by atoms with van der Waals surface area (Å²) in [5.41, 5.74) is 7.49. The summed E-state index contributed by atoms with van der Waals surface area (Å²) in [5.74, 6) is 0.500. The van der Waals surface area contributed by atoms with Crippen LogP contribution in [0.4, 0.5) is 5.69 Å². The summed E-state index contributed by atoms with van der Waals surface area (Å²) in [4.78, 5) is 26.5. The molecule has 2 aliphatic rings. The number of hydrogen-bond donors (Lipinski definition) is 2. The second kappa shape index (κ2) is 8.45. The quantitative estimate of drug-likeness (QED) is 0.845. The van der Waals surface area contributed by atoms with Gasteiger partial charge in [-0.1, -0.05) is 18.6 Å². The second-order valence-corrected chi connectivity index (χ2v) is 6.89. The van der Waals surface area contributed by atoms with Crippen LogP contribution in [0.15, 0.2) is 24.3 Å². The standard InChI is InChI=1S/C19H27N3O3/c20-13-15-2-1-3-17(15)19(24)21-16-6-4-14(5-7-16)12-18(23)22-8-10-25-11-9-22/h4-7,15,17H,1-3,8-13,20H2,(H,21,24)/t15-,17-/m1/s1. The van der Waals surface area contributed by atoms with Gasteiger partial charge in [0.25, 0.3) is 0 Å². The van der Waals surface area contributed by atoms with Crippen LogP contribution in [0.25, 0.3) is 0 Å². The van der Waals surface area contributed by atoms with Gasteiger partial charge in [0.1, 0.15) is 0 Å². The molecule has 136 valence electrons. The van der Waals surface area contributed by atoms with Gasteiger partial charge in [-0.25, -0.2) is 0 Å². The predicted octanol–water partition coefficient (Wildman–Crippen LogP) is 1.40. The highest BCUT2D eigenvalue weighted by Gasteiger charge is 2.31. The van der Waals surface area contributed by atoms with Gasteiger partial charge in [0.2, 0.25) is 11.8 Å². The maximum Gasteiger partial charge on any atom is 0.227 e. The number of hydrogen-bond acceptors (Lipinski definition) is 4. The maximum absolute atomic E-state index is 12.4. The monoisotopic (exact) mass is 345 g/mol. The van der Waals surface area contributed by atoms with E-state index in [0.717, 1.165) is 30.5 Å². The molecule has 1 saturated carbocycles. The van der Waals surface area contributed by atoms with E-state index in [4.69, 9.17) is 10.5 Å². The van der Waals surface area contributed by atoms with E-state index in [-0.39, 0.29) is 17.7 Å². The Morgan fingerprint density at radius 1 is 1.16 bits per heavy atom. The lowest BCUT2D eigenvalue weighted by atomic mass is 9.95. The molecule has 2 fully saturated rings. The maximum atomic E-state index is 12.4. The van der Waals surface area contributed by atoms with Gasteiger partial charge in [0.15, 0.2) is 0 Å². The number of nitrogens with zero attached hydrogens (tertiary/aromatic N) is 1. The molecule has 3 N–H and O–H groups in total. The van der Waals surface area contributed by atoms with Gasteiger partial charge in [-0.15, -0.1) is 0 Å². The third kappa shape index (κ3) is 4.58. The highest BCUT2D eigenvalue weighted by atomic mass is 16.5. The smallest absolute Gasteiger partial charge is 0.227 e. The number of amides is 2. The number of morpholine rings is 1. The predicted molar refractivity (Wildman–Crippen MR) is 96.1 cm³/mol. The summed E-state index contributed by atoms with van der Waals surface area (Å²) in [6.07, 6.45) is 3.41. The Morgan fingerprint density at radius 2 is 1.88 bits per heavy atom. The van der Waals surface area contributed by atoms with Crippen molar-refractivity contribution in [3.8, 4) is 0 Å². The molecule has 1 saturated heterocycles. The van der Waals surface area contributed by atoms with Crippen LogP contribution in [0.2, 0.25) is 0 Å². The van der Waals surface area contributed by atoms with Crippen molar-refractivity contribution >= 4 is 17.5 Å². The Kier molecular flexibility index (Phi) is 6.04. The fourth-order valence-corrected chi connectivity index (χ4v) is 3.70. The summed E-state index contributed by atoms with van der Waals surface area (Å²) in [6, 6.07) is 7.55. The molecule has 1 aromatic carbocycles. The van der Waals surface area contributed by atoms with Crippen molar-refractivity contribution in [1.82, 2.24) is 4.90 Å². The molecule has 2 atom stereocenters. The number of ether oxygens (including phenoxy) is 1. The topological polar surface area (TPSA) is 84.7 Å². The molecule has 6 heteroatoms. The molecule has 1 aliphatic heterocycles. The summed E-state index contributed by atoms with van der Waals surface area (Å²) in [5, 5.41) is 2.99. The van der Waals surface area contributed by atoms with E-state index < -0.39 is 0 Å². The van der Waals surface area contributed by atoms with Gasteiger partial charge in [-0.05, 0) is 43.0 Å². The lowest BCUT2D eigenvalue weighted by molar-refractivity contribution is -0.134. The third-order valence-electron chi connectivity index (χ3n) is 5.24. The first-order valence-electron chi connectivity index (χ1n) is 9.13. The molecule has 2 amide bonds. The highest BCUT2D eigenvalue weighted by molar-refractivity contribution is 5.93. The molecule has 25 heavy (non-hydrogen) atoms. The lowest BCUT2D eigenvalue weighted by Crippen LogP contribution is -2.41. The number of anilines is 1. The van der Waals surface area contributed by atoms with E-state index in [1.165, 1.54) is 0 Å². The van der Waals surface area contributed by atoms with Crippen molar-refractivity contribution in [3.05, 3.63) is 29.8 Å². The van der Waals surface area contributed by atoms with Crippen LogP contribution in [-0.4, -0.2) is 49.6 Å². The minimum atomic E-state index is 0.0209. The first-order valence-corrected chi connectivity index (χ1v) is 9.13. The van der Waals surface area contributed by atoms with Gasteiger partial charge < -0.3 is 20.7 Å². The van der Waals surface area contributed by atoms with Gasteiger partial charge in [0, 0.05) is 24.7 Å². The fourth-order valence-electron chi connectivity index (χ4n) is 3.70. The summed E-state index contributed by atoms with van der Waals surface area (Å²) in [7, 11) is 0. The number of carbonyl (C=O) groups excluding carboxylic acids is 2. The molecule has 0 bridgehead atoms. The Bertz CT molecular complexity index is 596.